The van der Waals surface area contributed by atoms with E-state index in [1.165, 1.54) is 16.3 Å². The first kappa shape index (κ1) is 14.7. The molecule has 0 radical (unpaired) electrons. The summed E-state index contributed by atoms with van der Waals surface area (Å²) in [5.74, 6) is 0.355. The Morgan fingerprint density at radius 2 is 1.80 bits per heavy atom. The van der Waals surface area contributed by atoms with Crippen molar-refractivity contribution >= 4 is 16.6 Å². The molecule has 0 spiro atoms. The number of hydrogen-bond acceptors (Lipinski definition) is 2. The van der Waals surface area contributed by atoms with Gasteiger partial charge in [-0.25, -0.2) is 0 Å². The van der Waals surface area contributed by atoms with Crippen LogP contribution in [0.15, 0.2) is 42.5 Å². The van der Waals surface area contributed by atoms with Crippen LogP contribution in [0.4, 0.5) is 0 Å². The molecule has 0 saturated carbocycles. The summed E-state index contributed by atoms with van der Waals surface area (Å²) in [6.07, 6.45) is 0.756. The lowest BCUT2D eigenvalue weighted by Crippen LogP contribution is -2.40. The highest BCUT2D eigenvalue weighted by atomic mass is 16.1. The van der Waals surface area contributed by atoms with E-state index in [-0.39, 0.29) is 12.0 Å². The maximum atomic E-state index is 12.3. The molecule has 2 rings (SSSR count). The topological polar surface area (TPSA) is 29.1 Å². The zero-order chi connectivity index (χ0) is 14.5. The highest BCUT2D eigenvalue weighted by Gasteiger charge is 2.21. The van der Waals surface area contributed by atoms with Gasteiger partial charge < -0.3 is 5.32 Å². The summed E-state index contributed by atoms with van der Waals surface area (Å²) in [7, 11) is 0. The molecule has 2 heteroatoms. The number of likely N-dealkylation sites (N-methyl/N-ethyl adjacent to an activating group) is 1. The lowest BCUT2D eigenvalue weighted by atomic mass is 9.93. The van der Waals surface area contributed by atoms with Crippen LogP contribution in [0.2, 0.25) is 0 Å². The summed E-state index contributed by atoms with van der Waals surface area (Å²) in [6.45, 7) is 6.79. The zero-order valence-electron chi connectivity index (χ0n) is 12.5. The molecule has 0 unspecified atom stereocenters. The van der Waals surface area contributed by atoms with Gasteiger partial charge in [-0.05, 0) is 29.3 Å². The first-order valence-corrected chi connectivity index (χ1v) is 7.37. The number of Topliss-reactive ketones (excluding diaryl/α,β-unsaturated/α-hetero) is 1. The Morgan fingerprint density at radius 3 is 2.50 bits per heavy atom. The number of carbonyl (C=O) groups excluding carboxylic acids is 1. The van der Waals surface area contributed by atoms with E-state index in [1.807, 2.05) is 26.8 Å². The van der Waals surface area contributed by atoms with Gasteiger partial charge in [0, 0.05) is 5.92 Å². The van der Waals surface area contributed by atoms with E-state index < -0.39 is 0 Å². The third kappa shape index (κ3) is 3.26. The Labute approximate surface area is 121 Å². The molecular weight excluding hydrogens is 246 g/mol. The number of carbonyl (C=O) groups is 1. The molecule has 0 aliphatic carbocycles. The third-order valence-corrected chi connectivity index (χ3v) is 3.67. The molecule has 0 aliphatic rings. The minimum absolute atomic E-state index is 0.0639. The minimum Gasteiger partial charge on any atom is -0.307 e. The molecule has 1 N–H and O–H groups in total. The third-order valence-electron chi connectivity index (χ3n) is 3.67. The summed E-state index contributed by atoms with van der Waals surface area (Å²) in [6, 6.07) is 14.6. The molecule has 0 aromatic heterocycles. The molecule has 0 aliphatic heterocycles. The van der Waals surface area contributed by atoms with E-state index in [4.69, 9.17) is 0 Å². The second-order valence-corrected chi connectivity index (χ2v) is 5.51. The van der Waals surface area contributed by atoms with Crippen LogP contribution in [0.1, 0.15) is 26.3 Å². The lowest BCUT2D eigenvalue weighted by Gasteiger charge is -2.19. The second-order valence-electron chi connectivity index (χ2n) is 5.51. The van der Waals surface area contributed by atoms with Crippen molar-refractivity contribution in [3.8, 4) is 0 Å². The Hall–Kier alpha value is -1.67. The number of ketones is 1. The van der Waals surface area contributed by atoms with E-state index >= 15 is 0 Å². The number of rotatable bonds is 6. The summed E-state index contributed by atoms with van der Waals surface area (Å²) < 4.78 is 0. The molecule has 2 nitrogen and oxygen atoms in total. The molecule has 0 amide bonds. The molecule has 0 heterocycles. The fourth-order valence-electron chi connectivity index (χ4n) is 2.61. The average molecular weight is 269 g/mol. The van der Waals surface area contributed by atoms with Crippen molar-refractivity contribution in [3.63, 3.8) is 0 Å². The summed E-state index contributed by atoms with van der Waals surface area (Å²) in [4.78, 5) is 12.3. The number of nitrogens with one attached hydrogen (secondary N) is 1. The predicted molar refractivity (Wildman–Crippen MR) is 85.0 cm³/mol. The van der Waals surface area contributed by atoms with Gasteiger partial charge in [-0.15, -0.1) is 0 Å². The quantitative estimate of drug-likeness (QED) is 0.868. The number of benzene rings is 2. The molecule has 2 aromatic rings. The number of hydrogen-bond donors (Lipinski definition) is 1. The maximum absolute atomic E-state index is 12.3. The van der Waals surface area contributed by atoms with Crippen LogP contribution in [0, 0.1) is 5.92 Å². The Balaban J connectivity index is 2.31. The summed E-state index contributed by atoms with van der Waals surface area (Å²) in [5.41, 5.74) is 1.24. The molecule has 2 aromatic carbocycles. The van der Waals surface area contributed by atoms with Gasteiger partial charge in [0.05, 0.1) is 6.04 Å². The lowest BCUT2D eigenvalue weighted by molar-refractivity contribution is -0.123. The van der Waals surface area contributed by atoms with Crippen molar-refractivity contribution in [2.24, 2.45) is 5.92 Å². The van der Waals surface area contributed by atoms with E-state index in [1.54, 1.807) is 0 Å². The standard InChI is InChI=1S/C18H23NO/c1-4-19-17(18(20)13(2)3)12-15-10-7-9-14-8-5-6-11-16(14)15/h5-11,13,17,19H,4,12H2,1-3H3/t17-/m0/s1. The molecule has 0 saturated heterocycles. The normalized spacial score (nSPS) is 12.8. The van der Waals surface area contributed by atoms with Crippen LogP contribution in [-0.4, -0.2) is 18.4 Å². The van der Waals surface area contributed by atoms with Gasteiger partial charge in [0.2, 0.25) is 0 Å². The zero-order valence-corrected chi connectivity index (χ0v) is 12.5. The second kappa shape index (κ2) is 6.67. The van der Waals surface area contributed by atoms with Gasteiger partial charge in [0.15, 0.2) is 5.78 Å². The molecule has 0 fully saturated rings. The van der Waals surface area contributed by atoms with Gasteiger partial charge in [0.1, 0.15) is 0 Å². The molecule has 0 bridgehead atoms. The first-order valence-electron chi connectivity index (χ1n) is 7.37. The van der Waals surface area contributed by atoms with Crippen molar-refractivity contribution in [1.29, 1.82) is 0 Å². The highest BCUT2D eigenvalue weighted by Crippen LogP contribution is 2.20. The summed E-state index contributed by atoms with van der Waals surface area (Å²) >= 11 is 0. The fraction of sp³-hybridized carbons (Fsp3) is 0.389. The van der Waals surface area contributed by atoms with Crippen molar-refractivity contribution < 1.29 is 4.79 Å². The van der Waals surface area contributed by atoms with Crippen molar-refractivity contribution in [1.82, 2.24) is 5.32 Å². The van der Waals surface area contributed by atoms with Gasteiger partial charge in [-0.1, -0.05) is 63.2 Å². The van der Waals surface area contributed by atoms with Crippen LogP contribution in [0.25, 0.3) is 10.8 Å². The van der Waals surface area contributed by atoms with Crippen LogP contribution >= 0.6 is 0 Å². The fourth-order valence-corrected chi connectivity index (χ4v) is 2.61. The Bertz CT molecular complexity index is 583. The van der Waals surface area contributed by atoms with Gasteiger partial charge in [0.25, 0.3) is 0 Å². The summed E-state index contributed by atoms with van der Waals surface area (Å²) in [5, 5.41) is 5.81. The molecule has 20 heavy (non-hydrogen) atoms. The smallest absolute Gasteiger partial charge is 0.152 e. The SMILES string of the molecule is CCN[C@@H](Cc1cccc2ccccc12)C(=O)C(C)C. The minimum atomic E-state index is -0.0918. The monoisotopic (exact) mass is 269 g/mol. The van der Waals surface area contributed by atoms with E-state index in [9.17, 15) is 4.79 Å². The largest absolute Gasteiger partial charge is 0.307 e. The van der Waals surface area contributed by atoms with Crippen LogP contribution in [0.5, 0.6) is 0 Å². The Morgan fingerprint density at radius 1 is 1.10 bits per heavy atom. The predicted octanol–water partition coefficient (Wildman–Crippen LogP) is 3.59. The number of fused-ring (bicyclic) bond motifs is 1. The van der Waals surface area contributed by atoms with E-state index in [2.05, 4.69) is 41.7 Å². The molecular formula is C18H23NO. The molecule has 106 valence electrons. The van der Waals surface area contributed by atoms with Crippen molar-refractivity contribution in [2.45, 2.75) is 33.2 Å². The first-order chi connectivity index (χ1) is 9.63. The average Bonchev–Trinajstić information content (AvgIpc) is 2.46. The van der Waals surface area contributed by atoms with E-state index in [0.29, 0.717) is 5.78 Å². The van der Waals surface area contributed by atoms with Crippen molar-refractivity contribution in [2.75, 3.05) is 6.54 Å². The Kier molecular flexibility index (Phi) is 4.91. The van der Waals surface area contributed by atoms with Crippen molar-refractivity contribution in [3.05, 3.63) is 48.0 Å². The molecule has 1 atom stereocenters. The van der Waals surface area contributed by atoms with Crippen LogP contribution in [-0.2, 0) is 11.2 Å². The van der Waals surface area contributed by atoms with Crippen LogP contribution in [0.3, 0.4) is 0 Å². The van der Waals surface area contributed by atoms with E-state index in [0.717, 1.165) is 13.0 Å². The van der Waals surface area contributed by atoms with Gasteiger partial charge in [-0.2, -0.15) is 0 Å². The maximum Gasteiger partial charge on any atom is 0.152 e. The van der Waals surface area contributed by atoms with Gasteiger partial charge >= 0.3 is 0 Å². The highest BCUT2D eigenvalue weighted by molar-refractivity contribution is 5.89. The van der Waals surface area contributed by atoms with Crippen LogP contribution < -0.4 is 5.32 Å². The van der Waals surface area contributed by atoms with Gasteiger partial charge in [-0.3, -0.25) is 4.79 Å².